The smallest absolute Gasteiger partial charge is 0.241 e. The van der Waals surface area contributed by atoms with Crippen molar-refractivity contribution in [3.8, 4) is 11.8 Å². The second-order valence-electron chi connectivity index (χ2n) is 9.82. The minimum atomic E-state index is -1.00. The molecule has 2 aliphatic heterocycles. The molecule has 2 aromatic rings. The highest BCUT2D eigenvalue weighted by molar-refractivity contribution is 6.10. The molecule has 2 unspecified atom stereocenters. The van der Waals surface area contributed by atoms with Gasteiger partial charge in [0.1, 0.15) is 11.6 Å². The van der Waals surface area contributed by atoms with Crippen molar-refractivity contribution in [2.24, 2.45) is 5.41 Å². The van der Waals surface area contributed by atoms with E-state index in [9.17, 15) is 14.0 Å². The minimum Gasteiger partial charge on any atom is -0.495 e. The van der Waals surface area contributed by atoms with Gasteiger partial charge in [-0.1, -0.05) is 32.9 Å². The maximum absolute atomic E-state index is 14.9. The molecule has 2 N–H and O–H groups in total. The van der Waals surface area contributed by atoms with E-state index in [1.807, 2.05) is 26.8 Å². The number of amides is 2. The molecule has 2 heterocycles. The third-order valence-corrected chi connectivity index (χ3v) is 6.17. The second-order valence-corrected chi connectivity index (χ2v) is 9.82. The predicted octanol–water partition coefficient (Wildman–Crippen LogP) is 3.34. The van der Waals surface area contributed by atoms with Gasteiger partial charge in [0.25, 0.3) is 0 Å². The zero-order valence-electron chi connectivity index (χ0n) is 19.2. The highest BCUT2D eigenvalue weighted by Crippen LogP contribution is 2.48. The number of anilines is 2. The summed E-state index contributed by atoms with van der Waals surface area (Å²) in [5.74, 6) is -0.570. The molecular weight excluding hydrogens is 423 g/mol. The molecule has 2 aliphatic rings. The van der Waals surface area contributed by atoms with Crippen molar-refractivity contribution in [2.45, 2.75) is 38.6 Å². The lowest BCUT2D eigenvalue weighted by Crippen LogP contribution is -2.44. The summed E-state index contributed by atoms with van der Waals surface area (Å²) in [5, 5.41) is 15.1. The minimum absolute atomic E-state index is 0.184. The topological polar surface area (TPSA) is 94.5 Å². The van der Waals surface area contributed by atoms with Crippen molar-refractivity contribution in [3.63, 3.8) is 0 Å². The molecule has 0 saturated carbocycles. The van der Waals surface area contributed by atoms with Gasteiger partial charge in [-0.3, -0.25) is 9.59 Å². The fourth-order valence-electron chi connectivity index (χ4n) is 4.70. The van der Waals surface area contributed by atoms with Crippen LogP contribution in [0.3, 0.4) is 0 Å². The molecule has 0 bridgehead atoms. The van der Waals surface area contributed by atoms with Gasteiger partial charge in [-0.05, 0) is 35.6 Å². The van der Waals surface area contributed by atoms with Crippen LogP contribution in [0.2, 0.25) is 0 Å². The zero-order chi connectivity index (χ0) is 24.0. The molecule has 1 fully saturated rings. The normalized spacial score (nSPS) is 21.8. The summed E-state index contributed by atoms with van der Waals surface area (Å²) in [4.78, 5) is 28.3. The molecule has 8 heteroatoms. The van der Waals surface area contributed by atoms with E-state index in [1.54, 1.807) is 30.3 Å². The molecule has 0 aliphatic carbocycles. The number of nitriles is 1. The summed E-state index contributed by atoms with van der Waals surface area (Å²) in [6.45, 7) is 6.62. The maximum Gasteiger partial charge on any atom is 0.241 e. The molecule has 172 valence electrons. The molecule has 0 aromatic heterocycles. The van der Waals surface area contributed by atoms with Crippen LogP contribution in [-0.4, -0.2) is 38.1 Å². The number of carbonyl (C=O) groups is 2. The number of nitrogens with zero attached hydrogens (tertiary/aromatic N) is 2. The molecule has 0 radical (unpaired) electrons. The van der Waals surface area contributed by atoms with E-state index in [2.05, 4.69) is 10.6 Å². The van der Waals surface area contributed by atoms with Crippen LogP contribution >= 0.6 is 0 Å². The van der Waals surface area contributed by atoms with Crippen molar-refractivity contribution in [1.29, 1.82) is 5.26 Å². The Bertz CT molecular complexity index is 1170. The Morgan fingerprint density at radius 2 is 2.12 bits per heavy atom. The van der Waals surface area contributed by atoms with Gasteiger partial charge in [-0.25, -0.2) is 4.39 Å². The Morgan fingerprint density at radius 3 is 2.79 bits per heavy atom. The second kappa shape index (κ2) is 8.16. The van der Waals surface area contributed by atoms with Gasteiger partial charge in [-0.2, -0.15) is 5.26 Å². The van der Waals surface area contributed by atoms with E-state index < -0.39 is 17.3 Å². The Balaban J connectivity index is 1.61. The molecule has 2 aromatic carbocycles. The Kier molecular flexibility index (Phi) is 5.62. The monoisotopic (exact) mass is 450 g/mol. The van der Waals surface area contributed by atoms with Crippen LogP contribution < -0.4 is 20.3 Å². The Morgan fingerprint density at radius 1 is 1.36 bits per heavy atom. The average Bonchev–Trinajstić information content (AvgIpc) is 3.31. The Labute approximate surface area is 192 Å². The van der Waals surface area contributed by atoms with Gasteiger partial charge >= 0.3 is 0 Å². The number of ether oxygens (including phenoxy) is 1. The number of fused-ring (bicyclic) bond motifs is 2. The molecular formula is C25H27FN4O3. The third kappa shape index (κ3) is 3.93. The number of methoxy groups -OCH3 is 1. The van der Waals surface area contributed by atoms with Crippen molar-refractivity contribution in [3.05, 3.63) is 53.3 Å². The Hall–Kier alpha value is -3.44. The van der Waals surface area contributed by atoms with Crippen LogP contribution in [0.15, 0.2) is 36.4 Å². The van der Waals surface area contributed by atoms with Crippen LogP contribution in [0, 0.1) is 22.6 Å². The number of para-hydroxylation sites is 1. The zero-order valence-corrected chi connectivity index (χ0v) is 19.2. The van der Waals surface area contributed by atoms with E-state index in [4.69, 9.17) is 10.00 Å². The summed E-state index contributed by atoms with van der Waals surface area (Å²) < 4.78 is 20.2. The molecule has 7 nitrogen and oxygen atoms in total. The number of rotatable bonds is 4. The van der Waals surface area contributed by atoms with Crippen LogP contribution in [-0.2, 0) is 15.0 Å². The van der Waals surface area contributed by atoms with Crippen LogP contribution in [0.25, 0.3) is 0 Å². The lowest BCUT2D eigenvalue weighted by molar-refractivity contribution is -0.123. The first-order chi connectivity index (χ1) is 15.6. The molecule has 1 saturated heterocycles. The SMILES string of the molecule is COc1cc(C#N)ccc1NC(=O)C1CC2(CN1)C(=O)N(CC(C)(C)C)c1c(F)cccc12. The molecule has 1 spiro atoms. The van der Waals surface area contributed by atoms with Crippen LogP contribution in [0.5, 0.6) is 5.75 Å². The molecule has 2 amide bonds. The van der Waals surface area contributed by atoms with Crippen molar-refractivity contribution in [2.75, 3.05) is 30.4 Å². The van der Waals surface area contributed by atoms with Gasteiger partial charge in [0.2, 0.25) is 11.8 Å². The van der Waals surface area contributed by atoms with Gasteiger partial charge < -0.3 is 20.3 Å². The maximum atomic E-state index is 14.9. The van der Waals surface area contributed by atoms with E-state index in [1.165, 1.54) is 18.1 Å². The fraction of sp³-hybridized carbons (Fsp3) is 0.400. The van der Waals surface area contributed by atoms with Gasteiger partial charge in [-0.15, -0.1) is 0 Å². The van der Waals surface area contributed by atoms with Crippen molar-refractivity contribution >= 4 is 23.2 Å². The van der Waals surface area contributed by atoms with E-state index in [-0.39, 0.29) is 30.2 Å². The first-order valence-corrected chi connectivity index (χ1v) is 10.8. The standard InChI is InChI=1S/C25H27FN4O3/c1-24(2,3)14-30-21-16(6-5-7-17(21)26)25(23(30)32)11-19(28-13-25)22(31)29-18-9-8-15(12-27)10-20(18)33-4/h5-10,19,28H,11,13-14H2,1-4H3,(H,29,31). The summed E-state index contributed by atoms with van der Waals surface area (Å²) in [5.41, 5.74) is 0.555. The number of carbonyl (C=O) groups excluding carboxylic acids is 2. The summed E-state index contributed by atoms with van der Waals surface area (Å²) in [7, 11) is 1.46. The fourth-order valence-corrected chi connectivity index (χ4v) is 4.70. The first-order valence-electron chi connectivity index (χ1n) is 10.8. The quantitative estimate of drug-likeness (QED) is 0.745. The van der Waals surface area contributed by atoms with E-state index in [0.717, 1.165) is 0 Å². The lowest BCUT2D eigenvalue weighted by atomic mass is 9.79. The number of halogens is 1. The molecule has 33 heavy (non-hydrogen) atoms. The van der Waals surface area contributed by atoms with E-state index >= 15 is 0 Å². The average molecular weight is 451 g/mol. The predicted molar refractivity (Wildman–Crippen MR) is 123 cm³/mol. The number of hydrogen-bond donors (Lipinski definition) is 2. The third-order valence-electron chi connectivity index (χ3n) is 6.17. The number of hydrogen-bond acceptors (Lipinski definition) is 5. The summed E-state index contributed by atoms with van der Waals surface area (Å²) in [6, 6.07) is 10.9. The number of benzene rings is 2. The molecule has 2 atom stereocenters. The summed E-state index contributed by atoms with van der Waals surface area (Å²) in [6.07, 6.45) is 0.216. The van der Waals surface area contributed by atoms with Gasteiger partial charge in [0.15, 0.2) is 0 Å². The molecule has 4 rings (SSSR count). The number of nitrogens with one attached hydrogen (secondary N) is 2. The highest BCUT2D eigenvalue weighted by Gasteiger charge is 2.57. The summed E-state index contributed by atoms with van der Waals surface area (Å²) >= 11 is 0. The van der Waals surface area contributed by atoms with E-state index in [0.29, 0.717) is 34.8 Å². The van der Waals surface area contributed by atoms with Crippen LogP contribution in [0.1, 0.15) is 38.3 Å². The van der Waals surface area contributed by atoms with Gasteiger partial charge in [0, 0.05) is 19.2 Å². The largest absolute Gasteiger partial charge is 0.495 e. The van der Waals surface area contributed by atoms with Crippen LogP contribution in [0.4, 0.5) is 15.8 Å². The van der Waals surface area contributed by atoms with Gasteiger partial charge in [0.05, 0.1) is 41.6 Å². The van der Waals surface area contributed by atoms with Crippen molar-refractivity contribution < 1.29 is 18.7 Å². The van der Waals surface area contributed by atoms with Crippen molar-refractivity contribution in [1.82, 2.24) is 5.32 Å². The highest BCUT2D eigenvalue weighted by atomic mass is 19.1. The lowest BCUT2D eigenvalue weighted by Gasteiger charge is -2.29. The first kappa shape index (κ1) is 22.7.